The largest absolute Gasteiger partial charge is 0.344 e. The summed E-state index contributed by atoms with van der Waals surface area (Å²) in [6.07, 6.45) is 3.01. The minimum Gasteiger partial charge on any atom is -0.344 e. The van der Waals surface area contributed by atoms with Crippen LogP contribution >= 0.6 is 0 Å². The van der Waals surface area contributed by atoms with Crippen molar-refractivity contribution in [1.29, 1.82) is 0 Å². The molecule has 0 unspecified atom stereocenters. The third-order valence-electron chi connectivity index (χ3n) is 1.62. The van der Waals surface area contributed by atoms with Gasteiger partial charge in [-0.2, -0.15) is 5.21 Å². The van der Waals surface area contributed by atoms with Crippen LogP contribution in [0, 0.1) is 0 Å². The summed E-state index contributed by atoms with van der Waals surface area (Å²) in [5.41, 5.74) is 0.710. The Labute approximate surface area is 84.1 Å². The van der Waals surface area contributed by atoms with Crippen LogP contribution in [-0.4, -0.2) is 36.5 Å². The monoisotopic (exact) mass is 205 g/mol. The van der Waals surface area contributed by atoms with Crippen LogP contribution in [0.1, 0.15) is 16.3 Å². The number of hydrogen-bond donors (Lipinski definition) is 2. The van der Waals surface area contributed by atoms with Gasteiger partial charge in [0.25, 0.3) is 11.7 Å². The minimum absolute atomic E-state index is 0.00376. The van der Waals surface area contributed by atoms with Gasteiger partial charge in [-0.3, -0.25) is 4.79 Å². The summed E-state index contributed by atoms with van der Waals surface area (Å²) in [6.45, 7) is 0.301. The molecule has 2 aromatic rings. The van der Waals surface area contributed by atoms with E-state index in [9.17, 15) is 4.79 Å². The molecule has 0 atom stereocenters. The summed E-state index contributed by atoms with van der Waals surface area (Å²) in [4.78, 5) is 19.0. The number of hydrogen-bond acceptors (Lipinski definition) is 6. The van der Waals surface area contributed by atoms with Gasteiger partial charge in [-0.25, -0.2) is 9.97 Å². The molecule has 2 aromatic heterocycles. The first-order valence-electron chi connectivity index (χ1n) is 4.13. The number of rotatable bonds is 3. The van der Waals surface area contributed by atoms with Gasteiger partial charge in [0, 0.05) is 6.20 Å². The zero-order chi connectivity index (χ0) is 10.5. The Morgan fingerprint density at radius 2 is 2.47 bits per heavy atom. The zero-order valence-corrected chi connectivity index (χ0v) is 7.58. The average Bonchev–Trinajstić information content (AvgIpc) is 2.81. The lowest BCUT2D eigenvalue weighted by atomic mass is 10.4. The summed E-state index contributed by atoms with van der Waals surface area (Å²) >= 11 is 0. The average molecular weight is 205 g/mol. The second-order valence-corrected chi connectivity index (χ2v) is 2.62. The van der Waals surface area contributed by atoms with Crippen molar-refractivity contribution < 1.29 is 4.79 Å². The van der Waals surface area contributed by atoms with E-state index in [0.717, 1.165) is 0 Å². The normalized spacial score (nSPS) is 9.87. The molecular formula is C7H7N7O. The quantitative estimate of drug-likeness (QED) is 0.659. The van der Waals surface area contributed by atoms with Crippen LogP contribution in [0.4, 0.5) is 0 Å². The molecule has 8 heteroatoms. The van der Waals surface area contributed by atoms with E-state index in [4.69, 9.17) is 0 Å². The van der Waals surface area contributed by atoms with Crippen molar-refractivity contribution in [1.82, 2.24) is 35.9 Å². The molecule has 2 heterocycles. The van der Waals surface area contributed by atoms with Crippen molar-refractivity contribution in [2.45, 2.75) is 6.54 Å². The number of amides is 1. The second-order valence-electron chi connectivity index (χ2n) is 2.62. The third kappa shape index (κ3) is 2.30. The number of H-pyrrole nitrogens is 1. The van der Waals surface area contributed by atoms with Crippen LogP contribution in [0.2, 0.25) is 0 Å². The Kier molecular flexibility index (Phi) is 2.59. The van der Waals surface area contributed by atoms with Crippen LogP contribution in [0.5, 0.6) is 0 Å². The molecular weight excluding hydrogens is 198 g/mol. The van der Waals surface area contributed by atoms with Crippen LogP contribution in [0.25, 0.3) is 0 Å². The van der Waals surface area contributed by atoms with Crippen molar-refractivity contribution in [3.63, 3.8) is 0 Å². The molecule has 0 aromatic carbocycles. The molecule has 0 saturated heterocycles. The fourth-order valence-corrected chi connectivity index (χ4v) is 0.931. The molecule has 0 bridgehead atoms. The van der Waals surface area contributed by atoms with Gasteiger partial charge in [0.1, 0.15) is 6.33 Å². The van der Waals surface area contributed by atoms with E-state index in [-0.39, 0.29) is 5.82 Å². The van der Waals surface area contributed by atoms with Gasteiger partial charge < -0.3 is 5.32 Å². The third-order valence-corrected chi connectivity index (χ3v) is 1.62. The lowest BCUT2D eigenvalue weighted by Gasteiger charge is -2.00. The number of nitrogens with zero attached hydrogens (tertiary/aromatic N) is 5. The highest BCUT2D eigenvalue weighted by atomic mass is 16.2. The molecule has 0 aliphatic rings. The summed E-state index contributed by atoms with van der Waals surface area (Å²) in [7, 11) is 0. The lowest BCUT2D eigenvalue weighted by molar-refractivity contribution is 0.0940. The number of tetrazole rings is 1. The topological polar surface area (TPSA) is 109 Å². The number of carbonyl (C=O) groups is 1. The highest BCUT2D eigenvalue weighted by Crippen LogP contribution is 1.91. The van der Waals surface area contributed by atoms with Crippen molar-refractivity contribution in [2.75, 3.05) is 0 Å². The van der Waals surface area contributed by atoms with E-state index < -0.39 is 5.91 Å². The number of carbonyl (C=O) groups excluding carboxylic acids is 1. The minimum atomic E-state index is -0.401. The lowest BCUT2D eigenvalue weighted by Crippen LogP contribution is -2.24. The van der Waals surface area contributed by atoms with Crippen molar-refractivity contribution in [3.05, 3.63) is 30.1 Å². The fraction of sp³-hybridized carbons (Fsp3) is 0.143. The highest BCUT2D eigenvalue weighted by Gasteiger charge is 2.09. The van der Waals surface area contributed by atoms with Gasteiger partial charge >= 0.3 is 0 Å². The summed E-state index contributed by atoms with van der Waals surface area (Å²) in [5.74, 6) is -0.397. The van der Waals surface area contributed by atoms with Gasteiger partial charge in [-0.1, -0.05) is 0 Å². The van der Waals surface area contributed by atoms with Crippen LogP contribution in [0.3, 0.4) is 0 Å². The first-order valence-corrected chi connectivity index (χ1v) is 4.13. The van der Waals surface area contributed by atoms with Gasteiger partial charge in [-0.15, -0.1) is 10.2 Å². The van der Waals surface area contributed by atoms with Crippen molar-refractivity contribution in [2.24, 2.45) is 0 Å². The molecule has 0 aliphatic heterocycles. The summed E-state index contributed by atoms with van der Waals surface area (Å²) in [5, 5.41) is 15.1. The Bertz CT molecular complexity index is 426. The van der Waals surface area contributed by atoms with Gasteiger partial charge in [0.15, 0.2) is 0 Å². The molecule has 76 valence electrons. The molecule has 15 heavy (non-hydrogen) atoms. The van der Waals surface area contributed by atoms with Gasteiger partial charge in [-0.05, 0) is 11.3 Å². The predicted octanol–water partition coefficient (Wildman–Crippen LogP) is -1.08. The van der Waals surface area contributed by atoms with Crippen LogP contribution < -0.4 is 5.32 Å². The molecule has 0 radical (unpaired) electrons. The second kappa shape index (κ2) is 4.22. The van der Waals surface area contributed by atoms with E-state index >= 15 is 0 Å². The molecule has 8 nitrogen and oxygen atoms in total. The maximum Gasteiger partial charge on any atom is 0.293 e. The first kappa shape index (κ1) is 9.19. The van der Waals surface area contributed by atoms with Gasteiger partial charge in [0.2, 0.25) is 0 Å². The smallest absolute Gasteiger partial charge is 0.293 e. The van der Waals surface area contributed by atoms with Crippen LogP contribution in [0.15, 0.2) is 18.6 Å². The fourth-order valence-electron chi connectivity index (χ4n) is 0.931. The standard InChI is InChI=1S/C7H7N7O/c15-7(6-11-13-14-12-6)9-3-5-1-2-8-4-10-5/h1-2,4H,3H2,(H,9,15)(H,11,12,13,14). The highest BCUT2D eigenvalue weighted by molar-refractivity contribution is 5.89. The molecule has 2 N–H and O–H groups in total. The molecule has 0 aliphatic carbocycles. The van der Waals surface area contributed by atoms with E-state index in [1.807, 2.05) is 0 Å². The first-order chi connectivity index (χ1) is 7.36. The number of nitrogens with one attached hydrogen (secondary N) is 2. The molecule has 2 rings (SSSR count). The number of aromatic amines is 1. The Balaban J connectivity index is 1.92. The Morgan fingerprint density at radius 1 is 1.53 bits per heavy atom. The Morgan fingerprint density at radius 3 is 3.13 bits per heavy atom. The van der Waals surface area contributed by atoms with Gasteiger partial charge in [0.05, 0.1) is 12.2 Å². The van der Waals surface area contributed by atoms with E-state index in [2.05, 4.69) is 35.9 Å². The maximum absolute atomic E-state index is 11.3. The van der Waals surface area contributed by atoms with Crippen molar-refractivity contribution >= 4 is 5.91 Å². The summed E-state index contributed by atoms with van der Waals surface area (Å²) < 4.78 is 0. The van der Waals surface area contributed by atoms with E-state index in [1.165, 1.54) is 6.33 Å². The van der Waals surface area contributed by atoms with Crippen LogP contribution in [-0.2, 0) is 6.54 Å². The van der Waals surface area contributed by atoms with Crippen molar-refractivity contribution in [3.8, 4) is 0 Å². The summed E-state index contributed by atoms with van der Waals surface area (Å²) in [6, 6.07) is 1.70. The molecule has 0 saturated carbocycles. The predicted molar refractivity (Wildman–Crippen MR) is 47.4 cm³/mol. The van der Waals surface area contributed by atoms with E-state index in [0.29, 0.717) is 12.2 Å². The number of aromatic nitrogens is 6. The zero-order valence-electron chi connectivity index (χ0n) is 7.58. The Hall–Kier alpha value is -2.38. The van der Waals surface area contributed by atoms with E-state index in [1.54, 1.807) is 12.3 Å². The molecule has 1 amide bonds. The SMILES string of the molecule is O=C(NCc1ccncn1)c1nn[nH]n1. The molecule has 0 fully saturated rings. The molecule has 0 spiro atoms. The maximum atomic E-state index is 11.3.